The summed E-state index contributed by atoms with van der Waals surface area (Å²) >= 11 is 0. The second-order valence-electron chi connectivity index (χ2n) is 4.68. The van der Waals surface area contributed by atoms with Crippen molar-refractivity contribution in [2.45, 2.75) is 39.5 Å². The molecule has 1 nitrogen and oxygen atoms in total. The van der Waals surface area contributed by atoms with Crippen molar-refractivity contribution in [3.8, 4) is 0 Å². The zero-order chi connectivity index (χ0) is 11.3. The molecule has 1 heteroatoms. The molecule has 0 spiro atoms. The van der Waals surface area contributed by atoms with Crippen LogP contribution in [0.3, 0.4) is 0 Å². The first-order valence-electron chi connectivity index (χ1n) is 5.96. The molecule has 0 saturated carbocycles. The van der Waals surface area contributed by atoms with E-state index in [1.807, 2.05) is 0 Å². The van der Waals surface area contributed by atoms with Gasteiger partial charge in [-0.3, -0.25) is 0 Å². The molecule has 0 aliphatic rings. The van der Waals surface area contributed by atoms with Gasteiger partial charge in [-0.2, -0.15) is 0 Å². The van der Waals surface area contributed by atoms with Gasteiger partial charge in [0.1, 0.15) is 0 Å². The fourth-order valence-electron chi connectivity index (χ4n) is 1.94. The van der Waals surface area contributed by atoms with E-state index >= 15 is 0 Å². The Hall–Kier alpha value is -0.820. The summed E-state index contributed by atoms with van der Waals surface area (Å²) in [7, 11) is 0. The van der Waals surface area contributed by atoms with Crippen LogP contribution >= 0.6 is 0 Å². The van der Waals surface area contributed by atoms with Gasteiger partial charge < -0.3 is 5.73 Å². The lowest BCUT2D eigenvalue weighted by atomic mass is 9.94. The topological polar surface area (TPSA) is 26.0 Å². The van der Waals surface area contributed by atoms with E-state index in [4.69, 9.17) is 5.73 Å². The molecule has 1 unspecified atom stereocenters. The molecule has 0 saturated heterocycles. The van der Waals surface area contributed by atoms with Gasteiger partial charge in [-0.25, -0.2) is 0 Å². The predicted octanol–water partition coefficient (Wildman–Crippen LogP) is 3.34. The van der Waals surface area contributed by atoms with Gasteiger partial charge in [-0.05, 0) is 42.3 Å². The molecule has 1 aromatic rings. The Balaban J connectivity index is 2.71. The van der Waals surface area contributed by atoms with Gasteiger partial charge in [-0.1, -0.05) is 45.0 Å². The molecule has 1 atom stereocenters. The first-order chi connectivity index (χ1) is 7.17. The van der Waals surface area contributed by atoms with Crippen molar-refractivity contribution in [1.29, 1.82) is 0 Å². The molecule has 15 heavy (non-hydrogen) atoms. The number of hydrogen-bond acceptors (Lipinski definition) is 1. The third-order valence-electron chi connectivity index (χ3n) is 2.87. The second-order valence-corrected chi connectivity index (χ2v) is 4.68. The quantitative estimate of drug-likeness (QED) is 0.784. The molecular weight excluding hydrogens is 182 g/mol. The lowest BCUT2D eigenvalue weighted by Crippen LogP contribution is -2.11. The molecule has 0 heterocycles. The Labute approximate surface area is 93.7 Å². The first-order valence-corrected chi connectivity index (χ1v) is 5.96. The van der Waals surface area contributed by atoms with Gasteiger partial charge >= 0.3 is 0 Å². The Morgan fingerprint density at radius 1 is 1.13 bits per heavy atom. The summed E-state index contributed by atoms with van der Waals surface area (Å²) < 4.78 is 0. The standard InChI is InChI=1S/C14H23N/c1-4-13(10-15)14-7-5-12(6-8-14)9-11(2)3/h5-8,11,13H,4,9-10,15H2,1-3H3. The summed E-state index contributed by atoms with van der Waals surface area (Å²) in [6, 6.07) is 8.96. The summed E-state index contributed by atoms with van der Waals surface area (Å²) in [5.41, 5.74) is 8.55. The number of benzene rings is 1. The maximum absolute atomic E-state index is 5.73. The number of hydrogen-bond donors (Lipinski definition) is 1. The molecule has 0 aliphatic carbocycles. The highest BCUT2D eigenvalue weighted by atomic mass is 14.5. The summed E-state index contributed by atoms with van der Waals surface area (Å²) in [5, 5.41) is 0. The van der Waals surface area contributed by atoms with Gasteiger partial charge in [0, 0.05) is 0 Å². The molecule has 0 aromatic heterocycles. The predicted molar refractivity (Wildman–Crippen MR) is 67.1 cm³/mol. The Morgan fingerprint density at radius 2 is 1.73 bits per heavy atom. The third-order valence-corrected chi connectivity index (χ3v) is 2.87. The fraction of sp³-hybridized carbons (Fsp3) is 0.571. The van der Waals surface area contributed by atoms with E-state index in [0.29, 0.717) is 5.92 Å². The molecule has 0 aliphatic heterocycles. The minimum absolute atomic E-state index is 0.526. The number of nitrogens with two attached hydrogens (primary N) is 1. The van der Waals surface area contributed by atoms with Crippen molar-refractivity contribution < 1.29 is 0 Å². The highest BCUT2D eigenvalue weighted by Gasteiger charge is 2.06. The van der Waals surface area contributed by atoms with Gasteiger partial charge in [0.25, 0.3) is 0 Å². The van der Waals surface area contributed by atoms with Crippen LogP contribution in [0.15, 0.2) is 24.3 Å². The fourth-order valence-corrected chi connectivity index (χ4v) is 1.94. The van der Waals surface area contributed by atoms with Crippen LogP contribution in [-0.4, -0.2) is 6.54 Å². The van der Waals surface area contributed by atoms with Crippen molar-refractivity contribution in [2.24, 2.45) is 11.7 Å². The monoisotopic (exact) mass is 205 g/mol. The molecular formula is C14H23N. The second kappa shape index (κ2) is 5.92. The summed E-state index contributed by atoms with van der Waals surface area (Å²) in [4.78, 5) is 0. The smallest absolute Gasteiger partial charge is 0.000834 e. The summed E-state index contributed by atoms with van der Waals surface area (Å²) in [5.74, 6) is 1.26. The van der Waals surface area contributed by atoms with Crippen molar-refractivity contribution >= 4 is 0 Å². The van der Waals surface area contributed by atoms with Crippen molar-refractivity contribution in [3.63, 3.8) is 0 Å². The molecule has 1 aromatic carbocycles. The van der Waals surface area contributed by atoms with Gasteiger partial charge in [0.15, 0.2) is 0 Å². The van der Waals surface area contributed by atoms with Crippen LogP contribution in [0.4, 0.5) is 0 Å². The van der Waals surface area contributed by atoms with Crippen molar-refractivity contribution in [2.75, 3.05) is 6.54 Å². The Bertz CT molecular complexity index is 270. The maximum atomic E-state index is 5.73. The zero-order valence-electron chi connectivity index (χ0n) is 10.2. The summed E-state index contributed by atoms with van der Waals surface area (Å²) in [6.07, 6.45) is 2.29. The van der Waals surface area contributed by atoms with Gasteiger partial charge in [0.05, 0.1) is 0 Å². The maximum Gasteiger partial charge on any atom is -0.000834 e. The normalized spacial score (nSPS) is 13.1. The molecule has 0 amide bonds. The van der Waals surface area contributed by atoms with Crippen LogP contribution in [0.2, 0.25) is 0 Å². The molecule has 84 valence electrons. The number of rotatable bonds is 5. The van der Waals surface area contributed by atoms with Crippen molar-refractivity contribution in [1.82, 2.24) is 0 Å². The van der Waals surface area contributed by atoms with E-state index in [2.05, 4.69) is 45.0 Å². The minimum atomic E-state index is 0.526. The van der Waals surface area contributed by atoms with E-state index < -0.39 is 0 Å². The van der Waals surface area contributed by atoms with Crippen LogP contribution in [0.5, 0.6) is 0 Å². The van der Waals surface area contributed by atoms with Crippen LogP contribution < -0.4 is 5.73 Å². The van der Waals surface area contributed by atoms with E-state index in [1.54, 1.807) is 0 Å². The Kier molecular flexibility index (Phi) is 4.83. The van der Waals surface area contributed by atoms with Crippen LogP contribution in [0.1, 0.15) is 44.2 Å². The van der Waals surface area contributed by atoms with Crippen molar-refractivity contribution in [3.05, 3.63) is 35.4 Å². The van der Waals surface area contributed by atoms with E-state index in [1.165, 1.54) is 17.5 Å². The molecule has 0 bridgehead atoms. The van der Waals surface area contributed by atoms with E-state index in [9.17, 15) is 0 Å². The zero-order valence-corrected chi connectivity index (χ0v) is 10.2. The lowest BCUT2D eigenvalue weighted by Gasteiger charge is -2.13. The van der Waals surface area contributed by atoms with E-state index in [0.717, 1.165) is 18.9 Å². The average molecular weight is 205 g/mol. The lowest BCUT2D eigenvalue weighted by molar-refractivity contribution is 0.644. The van der Waals surface area contributed by atoms with E-state index in [-0.39, 0.29) is 0 Å². The van der Waals surface area contributed by atoms with Gasteiger partial charge in [-0.15, -0.1) is 0 Å². The molecule has 0 fully saturated rings. The average Bonchev–Trinajstić information content (AvgIpc) is 2.21. The van der Waals surface area contributed by atoms with Gasteiger partial charge in [0.2, 0.25) is 0 Å². The first kappa shape index (κ1) is 12.3. The van der Waals surface area contributed by atoms with Crippen LogP contribution in [0.25, 0.3) is 0 Å². The van der Waals surface area contributed by atoms with Crippen LogP contribution in [-0.2, 0) is 6.42 Å². The molecule has 2 N–H and O–H groups in total. The molecule has 0 radical (unpaired) electrons. The molecule has 1 rings (SSSR count). The van der Waals surface area contributed by atoms with Crippen LogP contribution in [0, 0.1) is 5.92 Å². The highest BCUT2D eigenvalue weighted by molar-refractivity contribution is 5.25. The Morgan fingerprint density at radius 3 is 2.13 bits per heavy atom. The SMILES string of the molecule is CCC(CN)c1ccc(CC(C)C)cc1. The highest BCUT2D eigenvalue weighted by Crippen LogP contribution is 2.19. The summed E-state index contributed by atoms with van der Waals surface area (Å²) in [6.45, 7) is 7.45. The minimum Gasteiger partial charge on any atom is -0.330 e. The third kappa shape index (κ3) is 3.67. The largest absolute Gasteiger partial charge is 0.330 e.